The van der Waals surface area contributed by atoms with Crippen LogP contribution < -0.4 is 5.32 Å². The van der Waals surface area contributed by atoms with Crippen molar-refractivity contribution in [3.8, 4) is 0 Å². The molecule has 29 heavy (non-hydrogen) atoms. The van der Waals surface area contributed by atoms with E-state index < -0.39 is 0 Å². The highest BCUT2D eigenvalue weighted by Crippen LogP contribution is 2.31. The predicted molar refractivity (Wildman–Crippen MR) is 114 cm³/mol. The van der Waals surface area contributed by atoms with Crippen molar-refractivity contribution in [2.75, 3.05) is 25.6 Å². The minimum atomic E-state index is -0.0551. The van der Waals surface area contributed by atoms with Crippen LogP contribution in [0.3, 0.4) is 0 Å². The minimum absolute atomic E-state index is 0.0345. The number of carbonyl (C=O) groups is 1. The molecule has 4 rings (SSSR count). The summed E-state index contributed by atoms with van der Waals surface area (Å²) in [4.78, 5) is 29.7. The van der Waals surface area contributed by atoms with Crippen LogP contribution >= 0.6 is 11.3 Å². The molecule has 8 heteroatoms. The predicted octanol–water partition coefficient (Wildman–Crippen LogP) is 3.74. The second-order valence-electron chi connectivity index (χ2n) is 7.53. The second-order valence-corrected chi connectivity index (χ2v) is 8.78. The molecule has 1 amide bonds. The molecule has 2 atom stereocenters. The Morgan fingerprint density at radius 3 is 2.86 bits per heavy atom. The van der Waals surface area contributed by atoms with Crippen LogP contribution in [0.5, 0.6) is 0 Å². The molecule has 1 unspecified atom stereocenters. The molecule has 0 spiro atoms. The van der Waals surface area contributed by atoms with Gasteiger partial charge >= 0.3 is 0 Å². The fourth-order valence-electron chi connectivity index (χ4n) is 3.56. The Morgan fingerprint density at radius 2 is 2.17 bits per heavy atom. The van der Waals surface area contributed by atoms with Crippen molar-refractivity contribution in [3.63, 3.8) is 0 Å². The van der Waals surface area contributed by atoms with Crippen LogP contribution in [0.4, 0.5) is 5.95 Å². The molecule has 1 aliphatic rings. The third-order valence-corrected chi connectivity index (χ3v) is 6.25. The normalized spacial score (nSPS) is 17.2. The molecule has 0 aromatic carbocycles. The Labute approximate surface area is 174 Å². The number of aryl methyl sites for hydroxylation is 2. The van der Waals surface area contributed by atoms with Gasteiger partial charge in [0.2, 0.25) is 5.95 Å². The van der Waals surface area contributed by atoms with Crippen molar-refractivity contribution in [1.82, 2.24) is 19.9 Å². The number of rotatable bonds is 6. The SMILES string of the molecule is COC[C@H]1CCN1C(=O)c1nc(NC(C)c2cncc(C)c2)nc2cc(C)sc12. The Balaban J connectivity index is 1.66. The van der Waals surface area contributed by atoms with Gasteiger partial charge < -0.3 is 15.0 Å². The van der Waals surface area contributed by atoms with E-state index in [-0.39, 0.29) is 18.0 Å². The summed E-state index contributed by atoms with van der Waals surface area (Å²) in [6, 6.07) is 4.17. The molecule has 0 saturated carbocycles. The first-order chi connectivity index (χ1) is 14.0. The van der Waals surface area contributed by atoms with Crippen molar-refractivity contribution in [3.05, 3.63) is 46.2 Å². The highest BCUT2D eigenvalue weighted by atomic mass is 32.1. The van der Waals surface area contributed by atoms with Gasteiger partial charge in [0.1, 0.15) is 0 Å². The summed E-state index contributed by atoms with van der Waals surface area (Å²) in [5, 5.41) is 3.34. The standard InChI is InChI=1S/C21H25N5O2S/c1-12-7-15(10-22-9-12)14(3)23-21-24-17-8-13(2)29-19(17)18(25-21)20(27)26-6-5-16(26)11-28-4/h7-10,14,16H,5-6,11H2,1-4H3,(H,23,24,25)/t14?,16-/m1/s1. The number of hydrogen-bond acceptors (Lipinski definition) is 7. The fraction of sp³-hybridized carbons (Fsp3) is 0.429. The molecule has 3 aromatic rings. The maximum Gasteiger partial charge on any atom is 0.274 e. The third kappa shape index (κ3) is 3.95. The van der Waals surface area contributed by atoms with Gasteiger partial charge in [-0.25, -0.2) is 9.97 Å². The number of aromatic nitrogens is 3. The Bertz CT molecular complexity index is 1050. The van der Waals surface area contributed by atoms with E-state index in [1.165, 1.54) is 0 Å². The van der Waals surface area contributed by atoms with Crippen LogP contribution in [0.15, 0.2) is 24.5 Å². The van der Waals surface area contributed by atoms with Crippen molar-refractivity contribution in [2.45, 2.75) is 39.3 Å². The van der Waals surface area contributed by atoms with E-state index in [0.29, 0.717) is 18.2 Å². The van der Waals surface area contributed by atoms with Crippen LogP contribution in [-0.4, -0.2) is 52.1 Å². The van der Waals surface area contributed by atoms with E-state index in [4.69, 9.17) is 4.74 Å². The Kier molecular flexibility index (Phi) is 5.47. The fourth-order valence-corrected chi connectivity index (χ4v) is 4.49. The highest BCUT2D eigenvalue weighted by molar-refractivity contribution is 7.19. The maximum absolute atomic E-state index is 13.2. The number of amides is 1. The largest absolute Gasteiger partial charge is 0.383 e. The molecule has 4 heterocycles. The summed E-state index contributed by atoms with van der Waals surface area (Å²) in [7, 11) is 1.66. The van der Waals surface area contributed by atoms with Gasteiger partial charge in [-0.3, -0.25) is 9.78 Å². The van der Waals surface area contributed by atoms with Gasteiger partial charge in [-0.05, 0) is 44.4 Å². The van der Waals surface area contributed by atoms with Gasteiger partial charge in [0, 0.05) is 30.9 Å². The molecule has 3 aromatic heterocycles. The molecule has 0 bridgehead atoms. The number of pyridine rings is 1. The third-order valence-electron chi connectivity index (χ3n) is 5.20. The number of likely N-dealkylation sites (tertiary alicyclic amines) is 1. The molecular weight excluding hydrogens is 386 g/mol. The molecule has 1 saturated heterocycles. The molecule has 1 N–H and O–H groups in total. The molecule has 0 aliphatic carbocycles. The van der Waals surface area contributed by atoms with Gasteiger partial charge in [-0.1, -0.05) is 6.07 Å². The summed E-state index contributed by atoms with van der Waals surface area (Å²) >= 11 is 1.56. The van der Waals surface area contributed by atoms with E-state index in [1.807, 2.05) is 44.1 Å². The van der Waals surface area contributed by atoms with E-state index in [1.54, 1.807) is 18.4 Å². The molecule has 1 aliphatic heterocycles. The quantitative estimate of drug-likeness (QED) is 0.666. The van der Waals surface area contributed by atoms with Crippen molar-refractivity contribution in [2.24, 2.45) is 0 Å². The number of hydrogen-bond donors (Lipinski definition) is 1. The smallest absolute Gasteiger partial charge is 0.274 e. The van der Waals surface area contributed by atoms with Crippen molar-refractivity contribution in [1.29, 1.82) is 0 Å². The number of ether oxygens (including phenoxy) is 1. The molecule has 0 radical (unpaired) electrons. The number of nitrogens with zero attached hydrogens (tertiary/aromatic N) is 4. The summed E-state index contributed by atoms with van der Waals surface area (Å²) < 4.78 is 6.09. The Morgan fingerprint density at radius 1 is 1.34 bits per heavy atom. The second kappa shape index (κ2) is 8.04. The first-order valence-corrected chi connectivity index (χ1v) is 10.5. The lowest BCUT2D eigenvalue weighted by atomic mass is 10.0. The molecule has 1 fully saturated rings. The Hall–Kier alpha value is -2.58. The number of anilines is 1. The van der Waals surface area contributed by atoms with Gasteiger partial charge in [0.15, 0.2) is 5.69 Å². The first-order valence-electron chi connectivity index (χ1n) is 9.72. The lowest BCUT2D eigenvalue weighted by Gasteiger charge is -2.40. The van der Waals surface area contributed by atoms with Crippen LogP contribution in [0, 0.1) is 13.8 Å². The van der Waals surface area contributed by atoms with Crippen LogP contribution in [0.1, 0.15) is 45.9 Å². The van der Waals surface area contributed by atoms with Crippen LogP contribution in [0.25, 0.3) is 10.2 Å². The summed E-state index contributed by atoms with van der Waals surface area (Å²) in [5.74, 6) is 0.400. The van der Waals surface area contributed by atoms with E-state index in [9.17, 15) is 4.79 Å². The summed E-state index contributed by atoms with van der Waals surface area (Å²) in [5.41, 5.74) is 3.41. The number of fused-ring (bicyclic) bond motifs is 1. The maximum atomic E-state index is 13.2. The van der Waals surface area contributed by atoms with E-state index in [2.05, 4.69) is 26.3 Å². The lowest BCUT2D eigenvalue weighted by molar-refractivity contribution is 0.0199. The van der Waals surface area contributed by atoms with E-state index >= 15 is 0 Å². The van der Waals surface area contributed by atoms with Crippen molar-refractivity contribution < 1.29 is 9.53 Å². The number of nitrogens with one attached hydrogen (secondary N) is 1. The highest BCUT2D eigenvalue weighted by Gasteiger charge is 2.34. The van der Waals surface area contributed by atoms with Crippen LogP contribution in [-0.2, 0) is 4.74 Å². The number of carbonyl (C=O) groups excluding carboxylic acids is 1. The van der Waals surface area contributed by atoms with Gasteiger partial charge in [0.25, 0.3) is 5.91 Å². The zero-order valence-corrected chi connectivity index (χ0v) is 17.9. The average molecular weight is 412 g/mol. The first kappa shape index (κ1) is 19.7. The van der Waals surface area contributed by atoms with Crippen LogP contribution in [0.2, 0.25) is 0 Å². The zero-order valence-electron chi connectivity index (χ0n) is 17.1. The lowest BCUT2D eigenvalue weighted by Crippen LogP contribution is -2.53. The van der Waals surface area contributed by atoms with E-state index in [0.717, 1.165) is 39.2 Å². The van der Waals surface area contributed by atoms with Gasteiger partial charge in [0.05, 0.1) is 28.9 Å². The van der Waals surface area contributed by atoms with Gasteiger partial charge in [-0.15, -0.1) is 11.3 Å². The average Bonchev–Trinajstić information content (AvgIpc) is 3.04. The number of thiophene rings is 1. The summed E-state index contributed by atoms with van der Waals surface area (Å²) in [6.07, 6.45) is 4.62. The number of methoxy groups -OCH3 is 1. The van der Waals surface area contributed by atoms with Gasteiger partial charge in [-0.2, -0.15) is 0 Å². The molecule has 7 nitrogen and oxygen atoms in total. The molecular formula is C21H25N5O2S. The summed E-state index contributed by atoms with van der Waals surface area (Å²) in [6.45, 7) is 7.35. The topological polar surface area (TPSA) is 80.2 Å². The van der Waals surface area contributed by atoms with Crippen molar-refractivity contribution >= 4 is 33.4 Å². The minimum Gasteiger partial charge on any atom is -0.383 e. The molecule has 152 valence electrons. The monoisotopic (exact) mass is 411 g/mol. The zero-order chi connectivity index (χ0) is 20.5.